The summed E-state index contributed by atoms with van der Waals surface area (Å²) in [4.78, 5) is 8.46. The Morgan fingerprint density at radius 1 is 0.897 bits per heavy atom. The van der Waals surface area contributed by atoms with E-state index in [9.17, 15) is 22.0 Å². The molecule has 158 valence electrons. The number of hydrogen-bond acceptors (Lipinski definition) is 1. The number of rotatable bonds is 2. The molecule has 1 aliphatic heterocycles. The first-order valence-corrected chi connectivity index (χ1v) is 10.8. The van der Waals surface area contributed by atoms with Gasteiger partial charge in [-0.1, -0.05) is 18.6 Å². The summed E-state index contributed by atoms with van der Waals surface area (Å²) < 4.78 is 70.1. The molecule has 2 heterocycles. The molecule has 1 aliphatic rings. The third-order valence-corrected chi connectivity index (χ3v) is 4.11. The van der Waals surface area contributed by atoms with Crippen LogP contribution < -0.4 is 4.98 Å². The second-order valence-corrected chi connectivity index (χ2v) is 6.18. The summed E-state index contributed by atoms with van der Waals surface area (Å²) in [6, 6.07) is 1.66. The van der Waals surface area contributed by atoms with E-state index in [2.05, 4.69) is 19.6 Å². The van der Waals surface area contributed by atoms with Crippen molar-refractivity contribution in [1.82, 2.24) is 4.98 Å². The van der Waals surface area contributed by atoms with Crippen molar-refractivity contribution in [3.63, 3.8) is 0 Å². The van der Waals surface area contributed by atoms with Crippen LogP contribution in [0.3, 0.4) is 0 Å². The van der Waals surface area contributed by atoms with Gasteiger partial charge in [0.15, 0.2) is 23.3 Å². The average Bonchev–Trinajstić information content (AvgIpc) is 3.17. The van der Waals surface area contributed by atoms with Crippen LogP contribution in [-0.4, -0.2) is 5.71 Å². The van der Waals surface area contributed by atoms with Crippen molar-refractivity contribution in [3.8, 4) is 0 Å². The molecular weight excluding hydrogens is 591 g/mol. The van der Waals surface area contributed by atoms with E-state index in [4.69, 9.17) is 0 Å². The predicted octanol–water partition coefficient (Wildman–Crippen LogP) is 6.27. The van der Waals surface area contributed by atoms with Gasteiger partial charge in [-0.25, -0.2) is 22.0 Å². The monoisotopic (exact) mass is 608 g/mol. The van der Waals surface area contributed by atoms with Gasteiger partial charge in [-0.2, -0.15) is 5.69 Å². The van der Waals surface area contributed by atoms with Gasteiger partial charge in [0, 0.05) is 5.71 Å². The van der Waals surface area contributed by atoms with E-state index in [0.717, 1.165) is 0 Å². The molecule has 9 heteroatoms. The molecule has 1 aromatic heterocycles. The summed E-state index contributed by atoms with van der Waals surface area (Å²) in [5.74, 6) is -10.0. The SMILES string of the molecule is CC1=CC(C)=N/C1=C(\c1[n-]c(C)cc1C)c1c(F)c(F)c(F)c(F)c1F.[CH3-].[Cl][Ir+2]. The van der Waals surface area contributed by atoms with Gasteiger partial charge in [0.25, 0.3) is 0 Å². The van der Waals surface area contributed by atoms with Gasteiger partial charge in [0.05, 0.1) is 11.3 Å². The predicted molar refractivity (Wildman–Crippen MR) is 101 cm³/mol. The molecule has 0 N–H and O–H groups in total. The zero-order chi connectivity index (χ0) is 21.3. The Bertz CT molecular complexity index is 1010. The van der Waals surface area contributed by atoms with Gasteiger partial charge in [-0.3, -0.25) is 4.99 Å². The number of aliphatic imine (C=N–C) groups is 1. The van der Waals surface area contributed by atoms with Crippen LogP contribution in [0.1, 0.15) is 36.4 Å². The van der Waals surface area contributed by atoms with Gasteiger partial charge < -0.3 is 12.4 Å². The molecule has 29 heavy (non-hydrogen) atoms. The number of aromatic nitrogens is 1. The summed E-state index contributed by atoms with van der Waals surface area (Å²) >= 11 is 1.47. The minimum absolute atomic E-state index is 0. The van der Waals surface area contributed by atoms with Crippen molar-refractivity contribution < 1.29 is 39.8 Å². The molecule has 2 aromatic rings. The Hall–Kier alpha value is -1.76. The zero-order valence-electron chi connectivity index (χ0n) is 16.2. The molecule has 0 bridgehead atoms. The van der Waals surface area contributed by atoms with Gasteiger partial charge >= 0.3 is 27.5 Å². The average molecular weight is 608 g/mol. The molecule has 0 atom stereocenters. The zero-order valence-corrected chi connectivity index (χ0v) is 19.3. The molecule has 0 amide bonds. The first kappa shape index (κ1) is 25.3. The third-order valence-electron chi connectivity index (χ3n) is 4.11. The standard InChI is InChI=1S/C19H14F5N2.CH3.ClH.Ir/c1-7-5-9(3)25-18(7)12(19-8(2)6-10(4)26-19)11-13(20)15(22)17(24)16(23)14(11)21;;;/h5-6H,1-4H3;1H3;1H;/q2*-1;;+3/p-1/b18-12-;;;. The van der Waals surface area contributed by atoms with Crippen molar-refractivity contribution >= 4 is 20.9 Å². The van der Waals surface area contributed by atoms with E-state index >= 15 is 0 Å². The Morgan fingerprint density at radius 3 is 1.76 bits per heavy atom. The molecule has 0 radical (unpaired) electrons. The molecule has 3 rings (SSSR count). The van der Waals surface area contributed by atoms with Gasteiger partial charge in [-0.05, 0) is 38.0 Å². The van der Waals surface area contributed by atoms with Crippen LogP contribution in [-0.2, 0) is 17.9 Å². The number of benzene rings is 1. The molecule has 0 saturated heterocycles. The maximum atomic E-state index is 14.5. The number of halogens is 6. The number of nitrogens with zero attached hydrogens (tertiary/aromatic N) is 2. The van der Waals surface area contributed by atoms with Gasteiger partial charge in [0.2, 0.25) is 5.82 Å². The fraction of sp³-hybridized carbons (Fsp3) is 0.200. The van der Waals surface area contributed by atoms with Gasteiger partial charge in [0.1, 0.15) is 0 Å². The van der Waals surface area contributed by atoms with E-state index in [1.165, 1.54) is 17.9 Å². The van der Waals surface area contributed by atoms with Crippen LogP contribution in [0.25, 0.3) is 5.57 Å². The fourth-order valence-corrected chi connectivity index (χ4v) is 3.04. The first-order valence-electron chi connectivity index (χ1n) is 7.87. The van der Waals surface area contributed by atoms with Crippen molar-refractivity contribution in [2.75, 3.05) is 0 Å². The van der Waals surface area contributed by atoms with Crippen LogP contribution in [0.15, 0.2) is 28.4 Å². The normalized spacial score (nSPS) is 14.6. The number of hydrogen-bond donors (Lipinski definition) is 0. The Morgan fingerprint density at radius 2 is 1.38 bits per heavy atom. The molecule has 0 fully saturated rings. The third kappa shape index (κ3) is 4.55. The molecule has 0 spiro atoms. The van der Waals surface area contributed by atoms with Crippen molar-refractivity contribution in [2.45, 2.75) is 27.7 Å². The Kier molecular flexibility index (Phi) is 8.57. The second kappa shape index (κ2) is 9.83. The van der Waals surface area contributed by atoms with Crippen LogP contribution in [0.4, 0.5) is 22.0 Å². The van der Waals surface area contributed by atoms with Crippen molar-refractivity contribution in [2.24, 2.45) is 4.99 Å². The molecule has 0 aliphatic carbocycles. The second-order valence-electron chi connectivity index (χ2n) is 6.18. The van der Waals surface area contributed by atoms with E-state index < -0.39 is 34.6 Å². The minimum atomic E-state index is -2.20. The summed E-state index contributed by atoms with van der Waals surface area (Å²) in [7, 11) is 4.64. The van der Waals surface area contributed by atoms with Crippen LogP contribution in [0, 0.1) is 50.4 Å². The van der Waals surface area contributed by atoms with Gasteiger partial charge in [-0.15, -0.1) is 5.69 Å². The quantitative estimate of drug-likeness (QED) is 0.171. The van der Waals surface area contributed by atoms with E-state index in [1.54, 1.807) is 39.8 Å². The molecular formula is C20H17ClF5IrN2. The topological polar surface area (TPSA) is 26.5 Å². The van der Waals surface area contributed by atoms with E-state index in [1.807, 2.05) is 0 Å². The van der Waals surface area contributed by atoms with E-state index in [0.29, 0.717) is 22.5 Å². The molecule has 1 aromatic carbocycles. The Balaban J connectivity index is 0.00000136. The Labute approximate surface area is 180 Å². The van der Waals surface area contributed by atoms with Crippen LogP contribution >= 0.6 is 9.58 Å². The maximum absolute atomic E-state index is 14.5. The van der Waals surface area contributed by atoms with Crippen molar-refractivity contribution in [3.05, 3.63) is 82.4 Å². The summed E-state index contributed by atoms with van der Waals surface area (Å²) in [6.07, 6.45) is 1.66. The summed E-state index contributed by atoms with van der Waals surface area (Å²) in [5.41, 5.74) is 1.22. The number of allylic oxidation sites excluding steroid dienone is 2. The molecule has 2 nitrogen and oxygen atoms in total. The van der Waals surface area contributed by atoms with E-state index in [-0.39, 0.29) is 24.4 Å². The summed E-state index contributed by atoms with van der Waals surface area (Å²) in [5, 5.41) is 0. The molecule has 0 saturated carbocycles. The van der Waals surface area contributed by atoms with Crippen LogP contribution in [0.5, 0.6) is 0 Å². The first-order chi connectivity index (χ1) is 13.1. The number of aryl methyl sites for hydroxylation is 2. The van der Waals surface area contributed by atoms with Crippen molar-refractivity contribution in [1.29, 1.82) is 0 Å². The summed E-state index contributed by atoms with van der Waals surface area (Å²) in [6.45, 7) is 6.63. The van der Waals surface area contributed by atoms with Crippen LogP contribution in [0.2, 0.25) is 0 Å². The molecule has 0 unspecified atom stereocenters. The fourth-order valence-electron chi connectivity index (χ4n) is 3.04.